The molecule has 1 aromatic heterocycles. The van der Waals surface area contributed by atoms with E-state index in [1.165, 1.54) is 13.8 Å². The zero-order valence-electron chi connectivity index (χ0n) is 18.7. The highest BCUT2D eigenvalue weighted by molar-refractivity contribution is 6.00. The Bertz CT molecular complexity index is 966. The highest BCUT2D eigenvalue weighted by Crippen LogP contribution is 2.26. The molecule has 4 N–H and O–H groups in total. The molecule has 1 aromatic carbocycles. The van der Waals surface area contributed by atoms with E-state index in [0.717, 1.165) is 0 Å². The predicted octanol–water partition coefficient (Wildman–Crippen LogP) is 2.43. The summed E-state index contributed by atoms with van der Waals surface area (Å²) in [4.78, 5) is 26.4. The SMILES string of the molecule is CC(C)CONC(=O)c1c(N)nc(-c2cccc(C#N)c2)nc1OCCCOC(C)(C)O. The number of hydrogen-bond donors (Lipinski definition) is 3. The molecule has 0 radical (unpaired) electrons. The van der Waals surface area contributed by atoms with E-state index in [2.05, 4.69) is 21.5 Å². The molecule has 1 heterocycles. The summed E-state index contributed by atoms with van der Waals surface area (Å²) in [5, 5.41) is 18.8. The van der Waals surface area contributed by atoms with Crippen molar-refractivity contribution >= 4 is 11.7 Å². The first-order valence-corrected chi connectivity index (χ1v) is 10.2. The van der Waals surface area contributed by atoms with Gasteiger partial charge in [0.15, 0.2) is 11.6 Å². The van der Waals surface area contributed by atoms with Crippen molar-refractivity contribution in [3.63, 3.8) is 0 Å². The topological polar surface area (TPSA) is 153 Å². The van der Waals surface area contributed by atoms with Crippen LogP contribution in [0.15, 0.2) is 24.3 Å². The number of benzene rings is 1. The standard InChI is InChI=1S/C22H29N5O5/c1-14(2)13-32-27-20(28)17-18(24)25-19(16-8-5-7-15(11-16)12-23)26-21(17)30-9-6-10-31-22(3,4)29/h5,7-8,11,14,29H,6,9-10,13H2,1-4H3,(H,27,28)(H2,24,25,26). The molecule has 0 aliphatic carbocycles. The lowest BCUT2D eigenvalue weighted by Gasteiger charge is -2.18. The molecule has 0 unspecified atom stereocenters. The molecule has 0 atom stereocenters. The number of nitrogens with two attached hydrogens (primary N) is 1. The van der Waals surface area contributed by atoms with E-state index in [-0.39, 0.29) is 42.2 Å². The summed E-state index contributed by atoms with van der Waals surface area (Å²) in [6.45, 7) is 7.64. The van der Waals surface area contributed by atoms with E-state index in [1.807, 2.05) is 13.8 Å². The minimum Gasteiger partial charge on any atom is -0.477 e. The van der Waals surface area contributed by atoms with Gasteiger partial charge in [-0.25, -0.2) is 10.5 Å². The zero-order chi connectivity index (χ0) is 23.7. The molecular weight excluding hydrogens is 414 g/mol. The van der Waals surface area contributed by atoms with Crippen LogP contribution in [-0.4, -0.2) is 46.6 Å². The van der Waals surface area contributed by atoms with Crippen molar-refractivity contribution in [1.29, 1.82) is 5.26 Å². The molecule has 32 heavy (non-hydrogen) atoms. The summed E-state index contributed by atoms with van der Waals surface area (Å²) in [6, 6.07) is 8.74. The molecule has 0 saturated heterocycles. The van der Waals surface area contributed by atoms with Crippen molar-refractivity contribution in [1.82, 2.24) is 15.4 Å². The number of nitriles is 1. The number of aromatic nitrogens is 2. The van der Waals surface area contributed by atoms with Gasteiger partial charge in [-0.05, 0) is 31.9 Å². The lowest BCUT2D eigenvalue weighted by atomic mass is 10.1. The quantitative estimate of drug-likeness (QED) is 0.270. The van der Waals surface area contributed by atoms with Gasteiger partial charge in [-0.3, -0.25) is 9.63 Å². The number of nitrogens with zero attached hydrogens (tertiary/aromatic N) is 3. The molecule has 10 nitrogen and oxygen atoms in total. The maximum Gasteiger partial charge on any atom is 0.284 e. The van der Waals surface area contributed by atoms with Crippen LogP contribution in [-0.2, 0) is 9.57 Å². The van der Waals surface area contributed by atoms with Gasteiger partial charge in [0.1, 0.15) is 11.4 Å². The van der Waals surface area contributed by atoms with Crippen LogP contribution < -0.4 is 16.0 Å². The first kappa shape index (κ1) is 25.0. The Morgan fingerprint density at radius 1 is 1.31 bits per heavy atom. The largest absolute Gasteiger partial charge is 0.477 e. The number of amides is 1. The molecule has 0 saturated carbocycles. The fourth-order valence-corrected chi connectivity index (χ4v) is 2.51. The summed E-state index contributed by atoms with van der Waals surface area (Å²) < 4.78 is 11.0. The Morgan fingerprint density at radius 3 is 2.72 bits per heavy atom. The van der Waals surface area contributed by atoms with E-state index in [1.54, 1.807) is 24.3 Å². The second-order valence-electron chi connectivity index (χ2n) is 7.94. The normalized spacial score (nSPS) is 11.3. The number of carbonyl (C=O) groups excluding carboxylic acids is 1. The van der Waals surface area contributed by atoms with Gasteiger partial charge >= 0.3 is 0 Å². The number of nitrogens with one attached hydrogen (secondary N) is 1. The Hall–Kier alpha value is -3.26. The monoisotopic (exact) mass is 443 g/mol. The molecule has 0 aliphatic heterocycles. The smallest absolute Gasteiger partial charge is 0.284 e. The second-order valence-corrected chi connectivity index (χ2v) is 7.94. The molecule has 172 valence electrons. The number of hydroxylamine groups is 1. The fourth-order valence-electron chi connectivity index (χ4n) is 2.51. The minimum atomic E-state index is -1.25. The predicted molar refractivity (Wildman–Crippen MR) is 117 cm³/mol. The average molecular weight is 444 g/mol. The van der Waals surface area contributed by atoms with Gasteiger partial charge in [-0.15, -0.1) is 0 Å². The maximum atomic E-state index is 12.7. The van der Waals surface area contributed by atoms with E-state index < -0.39 is 11.7 Å². The lowest BCUT2D eigenvalue weighted by Crippen LogP contribution is -2.28. The molecule has 2 aromatic rings. The van der Waals surface area contributed by atoms with Gasteiger partial charge < -0.3 is 20.3 Å². The van der Waals surface area contributed by atoms with Gasteiger partial charge in [0.2, 0.25) is 5.88 Å². The minimum absolute atomic E-state index is 0.0243. The third kappa shape index (κ3) is 7.77. The van der Waals surface area contributed by atoms with E-state index in [4.69, 9.17) is 25.3 Å². The molecule has 1 amide bonds. The molecule has 2 rings (SSSR count). The van der Waals surface area contributed by atoms with Crippen LogP contribution in [0.5, 0.6) is 5.88 Å². The highest BCUT2D eigenvalue weighted by atomic mass is 16.7. The summed E-state index contributed by atoms with van der Waals surface area (Å²) in [5.41, 5.74) is 9.33. The van der Waals surface area contributed by atoms with Crippen molar-refractivity contribution in [2.24, 2.45) is 5.92 Å². The van der Waals surface area contributed by atoms with Crippen molar-refractivity contribution < 1.29 is 24.2 Å². The maximum absolute atomic E-state index is 12.7. The van der Waals surface area contributed by atoms with E-state index in [9.17, 15) is 9.90 Å². The number of carbonyl (C=O) groups is 1. The number of hydrogen-bond acceptors (Lipinski definition) is 9. The lowest BCUT2D eigenvalue weighted by molar-refractivity contribution is -0.176. The van der Waals surface area contributed by atoms with Crippen LogP contribution >= 0.6 is 0 Å². The second kappa shape index (κ2) is 11.4. The van der Waals surface area contributed by atoms with Crippen LogP contribution in [0.25, 0.3) is 11.4 Å². The Morgan fingerprint density at radius 2 is 2.06 bits per heavy atom. The number of aliphatic hydroxyl groups is 1. The van der Waals surface area contributed by atoms with Gasteiger partial charge in [-0.2, -0.15) is 10.2 Å². The van der Waals surface area contributed by atoms with Crippen molar-refractivity contribution in [3.8, 4) is 23.3 Å². The van der Waals surface area contributed by atoms with Crippen molar-refractivity contribution in [2.45, 2.75) is 39.9 Å². The van der Waals surface area contributed by atoms with Crippen molar-refractivity contribution in [2.75, 3.05) is 25.6 Å². The summed E-state index contributed by atoms with van der Waals surface area (Å²) >= 11 is 0. The molecule has 0 bridgehead atoms. The van der Waals surface area contributed by atoms with Crippen LogP contribution in [0.4, 0.5) is 5.82 Å². The average Bonchev–Trinajstić information content (AvgIpc) is 2.72. The van der Waals surface area contributed by atoms with Gasteiger partial charge in [0.05, 0.1) is 31.5 Å². The highest BCUT2D eigenvalue weighted by Gasteiger charge is 2.22. The fraction of sp³-hybridized carbons (Fsp3) is 0.455. The third-order valence-electron chi connectivity index (χ3n) is 3.95. The van der Waals surface area contributed by atoms with E-state index in [0.29, 0.717) is 24.2 Å². The van der Waals surface area contributed by atoms with E-state index >= 15 is 0 Å². The number of anilines is 1. The zero-order valence-corrected chi connectivity index (χ0v) is 18.7. The van der Waals surface area contributed by atoms with Gasteiger partial charge in [-0.1, -0.05) is 26.0 Å². The molecule has 0 aliphatic rings. The molecule has 0 spiro atoms. The molecule has 0 fully saturated rings. The Labute approximate surface area is 187 Å². The van der Waals surface area contributed by atoms with Gasteiger partial charge in [0.25, 0.3) is 5.91 Å². The van der Waals surface area contributed by atoms with Gasteiger partial charge in [0, 0.05) is 12.0 Å². The number of nitrogen functional groups attached to an aromatic ring is 1. The van der Waals surface area contributed by atoms with Crippen molar-refractivity contribution in [3.05, 3.63) is 35.4 Å². The van der Waals surface area contributed by atoms with Crippen LogP contribution in [0, 0.1) is 17.2 Å². The van der Waals surface area contributed by atoms with Crippen LogP contribution in [0.1, 0.15) is 50.0 Å². The number of rotatable bonds is 11. The summed E-state index contributed by atoms with van der Waals surface area (Å²) in [6.07, 6.45) is 0.429. The van der Waals surface area contributed by atoms with Crippen LogP contribution in [0.2, 0.25) is 0 Å². The molecular formula is C22H29N5O5. The summed E-state index contributed by atoms with van der Waals surface area (Å²) in [5.74, 6) is -1.58. The van der Waals surface area contributed by atoms with Crippen LogP contribution in [0.3, 0.4) is 0 Å². The summed E-state index contributed by atoms with van der Waals surface area (Å²) in [7, 11) is 0. The Balaban J connectivity index is 2.28. The Kier molecular flexibility index (Phi) is 8.90. The number of ether oxygens (including phenoxy) is 2. The third-order valence-corrected chi connectivity index (χ3v) is 3.95. The molecule has 10 heteroatoms. The first-order valence-electron chi connectivity index (χ1n) is 10.2. The first-order chi connectivity index (χ1) is 15.1.